The van der Waals surface area contributed by atoms with Crippen molar-refractivity contribution in [3.63, 3.8) is 0 Å². The number of sulfonamides is 1. The molecule has 1 aromatic heterocycles. The van der Waals surface area contributed by atoms with E-state index in [9.17, 15) is 8.42 Å². The third-order valence-corrected chi connectivity index (χ3v) is 5.06. The Morgan fingerprint density at radius 3 is 2.82 bits per heavy atom. The second-order valence-electron chi connectivity index (χ2n) is 6.01. The number of benzene rings is 1. The topological polar surface area (TPSA) is 64.0 Å². The molecule has 0 radical (unpaired) electrons. The van der Waals surface area contributed by atoms with Gasteiger partial charge in [0, 0.05) is 11.3 Å². The smallest absolute Gasteiger partial charge is 0.209 e. The molecule has 1 N–H and O–H groups in total. The van der Waals surface area contributed by atoms with Crippen LogP contribution in [0.2, 0.25) is 0 Å². The maximum Gasteiger partial charge on any atom is 0.209 e. The minimum atomic E-state index is -3.22. The van der Waals surface area contributed by atoms with Gasteiger partial charge in [-0.25, -0.2) is 17.8 Å². The molecule has 1 atom stereocenters. The zero-order valence-electron chi connectivity index (χ0n) is 13.1. The van der Waals surface area contributed by atoms with Crippen molar-refractivity contribution >= 4 is 10.0 Å². The molecule has 1 aromatic carbocycles. The molecule has 1 aliphatic rings. The van der Waals surface area contributed by atoms with Gasteiger partial charge in [0.2, 0.25) is 10.0 Å². The van der Waals surface area contributed by atoms with Crippen LogP contribution in [0, 0.1) is 13.8 Å². The number of aromatic nitrogens is 2. The molecule has 0 spiro atoms. The fourth-order valence-electron chi connectivity index (χ4n) is 3.11. The summed E-state index contributed by atoms with van der Waals surface area (Å²) in [5, 5.41) is 4.53. The summed E-state index contributed by atoms with van der Waals surface area (Å²) in [7, 11) is -3.22. The van der Waals surface area contributed by atoms with Gasteiger partial charge in [-0.2, -0.15) is 5.10 Å². The average Bonchev–Trinajstić information content (AvgIpc) is 2.85. The van der Waals surface area contributed by atoms with E-state index in [0.717, 1.165) is 36.2 Å². The van der Waals surface area contributed by atoms with Crippen LogP contribution in [0.25, 0.3) is 5.69 Å². The van der Waals surface area contributed by atoms with Gasteiger partial charge in [0.05, 0.1) is 24.2 Å². The Labute approximate surface area is 131 Å². The highest BCUT2D eigenvalue weighted by Crippen LogP contribution is 2.32. The molecule has 0 amide bonds. The highest BCUT2D eigenvalue weighted by molar-refractivity contribution is 7.88. The minimum absolute atomic E-state index is 0.169. The summed E-state index contributed by atoms with van der Waals surface area (Å²) in [5.74, 6) is 0. The molecule has 0 bridgehead atoms. The molecule has 1 aliphatic carbocycles. The van der Waals surface area contributed by atoms with Gasteiger partial charge in [0.1, 0.15) is 0 Å². The minimum Gasteiger partial charge on any atom is -0.237 e. The van der Waals surface area contributed by atoms with Crippen molar-refractivity contribution in [3.8, 4) is 5.69 Å². The van der Waals surface area contributed by atoms with Gasteiger partial charge < -0.3 is 0 Å². The molecule has 22 heavy (non-hydrogen) atoms. The third-order valence-electron chi connectivity index (χ3n) is 4.34. The van der Waals surface area contributed by atoms with Crippen LogP contribution < -0.4 is 4.72 Å². The molecule has 118 valence electrons. The lowest BCUT2D eigenvalue weighted by Crippen LogP contribution is -2.30. The Kier molecular flexibility index (Phi) is 3.82. The van der Waals surface area contributed by atoms with Gasteiger partial charge >= 0.3 is 0 Å². The van der Waals surface area contributed by atoms with Crippen LogP contribution in [0.1, 0.15) is 41.3 Å². The fraction of sp³-hybridized carbons (Fsp3) is 0.438. The van der Waals surface area contributed by atoms with Crippen molar-refractivity contribution in [3.05, 3.63) is 46.8 Å². The Balaban J connectivity index is 2.05. The normalized spacial score (nSPS) is 18.2. The van der Waals surface area contributed by atoms with Crippen LogP contribution in [-0.2, 0) is 16.4 Å². The summed E-state index contributed by atoms with van der Waals surface area (Å²) in [5.41, 5.74) is 5.61. The van der Waals surface area contributed by atoms with Crippen molar-refractivity contribution < 1.29 is 8.42 Å². The maximum atomic E-state index is 11.5. The number of hydrogen-bond acceptors (Lipinski definition) is 3. The lowest BCUT2D eigenvalue weighted by Gasteiger charge is -2.23. The molecule has 6 heteroatoms. The van der Waals surface area contributed by atoms with E-state index in [2.05, 4.69) is 35.8 Å². The first-order valence-electron chi connectivity index (χ1n) is 7.47. The molecule has 0 unspecified atom stereocenters. The summed E-state index contributed by atoms with van der Waals surface area (Å²) in [6, 6.07) is 6.00. The first-order valence-corrected chi connectivity index (χ1v) is 9.36. The molecule has 0 aliphatic heterocycles. The first-order chi connectivity index (χ1) is 10.4. The van der Waals surface area contributed by atoms with E-state index in [-0.39, 0.29) is 6.04 Å². The van der Waals surface area contributed by atoms with E-state index in [0.29, 0.717) is 0 Å². The van der Waals surface area contributed by atoms with Gasteiger partial charge in [-0.1, -0.05) is 12.1 Å². The first kappa shape index (κ1) is 15.2. The van der Waals surface area contributed by atoms with Crippen LogP contribution >= 0.6 is 0 Å². The summed E-state index contributed by atoms with van der Waals surface area (Å²) in [6.45, 7) is 4.18. The summed E-state index contributed by atoms with van der Waals surface area (Å²) in [4.78, 5) is 0. The molecular formula is C16H21N3O2S. The SMILES string of the molecule is Cc1cccc(-n2ncc3c2CCC[C@H]3NS(C)(=O)=O)c1C. The average molecular weight is 319 g/mol. The Bertz CT molecular complexity index is 809. The molecule has 1 heterocycles. The quantitative estimate of drug-likeness (QED) is 0.945. The van der Waals surface area contributed by atoms with Crippen LogP contribution in [0.4, 0.5) is 0 Å². The van der Waals surface area contributed by atoms with Crippen molar-refractivity contribution in [2.24, 2.45) is 0 Å². The van der Waals surface area contributed by atoms with Crippen LogP contribution in [0.5, 0.6) is 0 Å². The molecule has 0 saturated carbocycles. The van der Waals surface area contributed by atoms with E-state index < -0.39 is 10.0 Å². The zero-order valence-corrected chi connectivity index (χ0v) is 13.9. The van der Waals surface area contributed by atoms with Crippen molar-refractivity contribution in [2.75, 3.05) is 6.26 Å². The lowest BCUT2D eigenvalue weighted by molar-refractivity contribution is 0.504. The predicted octanol–water partition coefficient (Wildman–Crippen LogP) is 2.42. The van der Waals surface area contributed by atoms with Gasteiger partial charge in [0.25, 0.3) is 0 Å². The highest BCUT2D eigenvalue weighted by atomic mass is 32.2. The van der Waals surface area contributed by atoms with E-state index in [1.807, 2.05) is 10.7 Å². The second-order valence-corrected chi connectivity index (χ2v) is 7.79. The largest absolute Gasteiger partial charge is 0.237 e. The van der Waals surface area contributed by atoms with E-state index in [1.54, 1.807) is 6.20 Å². The third kappa shape index (κ3) is 2.80. The van der Waals surface area contributed by atoms with Crippen molar-refractivity contribution in [2.45, 2.75) is 39.2 Å². The standard InChI is InChI=1S/C16H21N3O2S/c1-11-6-4-8-15(12(11)2)19-16-9-5-7-14(13(16)10-17-19)18-22(3,20)21/h4,6,8,10,14,18H,5,7,9H2,1-3H3/t14-/m1/s1. The number of nitrogens with zero attached hydrogens (tertiary/aromatic N) is 2. The van der Waals surface area contributed by atoms with Gasteiger partial charge in [-0.15, -0.1) is 0 Å². The Hall–Kier alpha value is -1.66. The van der Waals surface area contributed by atoms with E-state index in [1.165, 1.54) is 17.4 Å². The molecule has 0 fully saturated rings. The molecular weight excluding hydrogens is 298 g/mol. The number of aryl methyl sites for hydroxylation is 1. The van der Waals surface area contributed by atoms with Gasteiger partial charge in [-0.05, 0) is 50.3 Å². The van der Waals surface area contributed by atoms with E-state index in [4.69, 9.17) is 0 Å². The number of nitrogens with one attached hydrogen (secondary N) is 1. The highest BCUT2D eigenvalue weighted by Gasteiger charge is 2.27. The summed E-state index contributed by atoms with van der Waals surface area (Å²) in [6.07, 6.45) is 5.70. The van der Waals surface area contributed by atoms with Gasteiger partial charge in [0.15, 0.2) is 0 Å². The van der Waals surface area contributed by atoms with Crippen LogP contribution in [0.15, 0.2) is 24.4 Å². The molecule has 0 saturated heterocycles. The molecule has 3 rings (SSSR count). The fourth-order valence-corrected chi connectivity index (χ4v) is 3.87. The van der Waals surface area contributed by atoms with Crippen LogP contribution in [0.3, 0.4) is 0 Å². The molecule has 2 aromatic rings. The number of fused-ring (bicyclic) bond motifs is 1. The van der Waals surface area contributed by atoms with Crippen molar-refractivity contribution in [1.29, 1.82) is 0 Å². The number of hydrogen-bond donors (Lipinski definition) is 1. The maximum absolute atomic E-state index is 11.5. The predicted molar refractivity (Wildman–Crippen MR) is 86.7 cm³/mol. The van der Waals surface area contributed by atoms with Crippen LogP contribution in [-0.4, -0.2) is 24.5 Å². The zero-order chi connectivity index (χ0) is 15.9. The Morgan fingerprint density at radius 2 is 2.09 bits per heavy atom. The van der Waals surface area contributed by atoms with E-state index >= 15 is 0 Å². The molecule has 5 nitrogen and oxygen atoms in total. The summed E-state index contributed by atoms with van der Waals surface area (Å²) < 4.78 is 27.8. The lowest BCUT2D eigenvalue weighted by atomic mass is 9.93. The van der Waals surface area contributed by atoms with Gasteiger partial charge in [-0.3, -0.25) is 0 Å². The monoisotopic (exact) mass is 319 g/mol. The number of rotatable bonds is 3. The summed E-state index contributed by atoms with van der Waals surface area (Å²) >= 11 is 0. The van der Waals surface area contributed by atoms with Crippen molar-refractivity contribution in [1.82, 2.24) is 14.5 Å². The Morgan fingerprint density at radius 1 is 1.32 bits per heavy atom. The second kappa shape index (κ2) is 5.52.